The molecule has 3 rings (SSSR count). The monoisotopic (exact) mass is 331 g/mol. The highest BCUT2D eigenvalue weighted by Gasteiger charge is 2.08. The van der Waals surface area contributed by atoms with Crippen LogP contribution in [0.2, 0.25) is 0 Å². The first-order valence-corrected chi connectivity index (χ1v) is 8.28. The molecule has 1 N–H and O–H groups in total. The molecule has 3 aromatic carbocycles. The van der Waals surface area contributed by atoms with Crippen LogP contribution in [0.15, 0.2) is 72.8 Å². The van der Waals surface area contributed by atoms with Gasteiger partial charge in [-0.25, -0.2) is 0 Å². The van der Waals surface area contributed by atoms with Crippen molar-refractivity contribution in [3.8, 4) is 16.9 Å². The molecule has 0 heterocycles. The van der Waals surface area contributed by atoms with Crippen LogP contribution < -0.4 is 10.1 Å². The Kier molecular flexibility index (Phi) is 5.14. The minimum absolute atomic E-state index is 0.00781. The number of anilines is 1. The molecule has 0 aliphatic rings. The van der Waals surface area contributed by atoms with Gasteiger partial charge in [-0.15, -0.1) is 0 Å². The van der Waals surface area contributed by atoms with Gasteiger partial charge in [0.2, 0.25) is 0 Å². The zero-order valence-corrected chi connectivity index (χ0v) is 14.5. The third-order valence-corrected chi connectivity index (χ3v) is 4.03. The van der Waals surface area contributed by atoms with E-state index in [-0.39, 0.29) is 12.5 Å². The van der Waals surface area contributed by atoms with Gasteiger partial charge in [-0.2, -0.15) is 0 Å². The molecule has 3 heteroatoms. The number of carbonyl (C=O) groups is 1. The van der Waals surface area contributed by atoms with Crippen molar-refractivity contribution in [2.75, 3.05) is 11.9 Å². The van der Waals surface area contributed by atoms with Gasteiger partial charge in [0.05, 0.1) is 0 Å². The molecule has 0 aliphatic carbocycles. The van der Waals surface area contributed by atoms with Gasteiger partial charge < -0.3 is 10.1 Å². The predicted octanol–water partition coefficient (Wildman–Crippen LogP) is 4.99. The van der Waals surface area contributed by atoms with E-state index in [1.165, 1.54) is 0 Å². The van der Waals surface area contributed by atoms with E-state index >= 15 is 0 Å². The number of amides is 1. The highest BCUT2D eigenvalue weighted by Crippen LogP contribution is 2.23. The molecule has 0 unspecified atom stereocenters. The number of nitrogens with one attached hydrogen (secondary N) is 1. The summed E-state index contributed by atoms with van der Waals surface area (Å²) in [5, 5.41) is 2.87. The number of aryl methyl sites for hydroxylation is 2. The maximum Gasteiger partial charge on any atom is 0.262 e. The van der Waals surface area contributed by atoms with Crippen LogP contribution in [0, 0.1) is 13.8 Å². The minimum atomic E-state index is -0.171. The molecule has 0 fully saturated rings. The Labute approximate surface area is 148 Å². The van der Waals surface area contributed by atoms with E-state index < -0.39 is 0 Å². The average molecular weight is 331 g/mol. The Morgan fingerprint density at radius 3 is 2.04 bits per heavy atom. The zero-order valence-electron chi connectivity index (χ0n) is 14.5. The van der Waals surface area contributed by atoms with E-state index in [1.54, 1.807) is 0 Å². The number of ether oxygens (including phenoxy) is 1. The van der Waals surface area contributed by atoms with E-state index in [2.05, 4.69) is 17.4 Å². The smallest absolute Gasteiger partial charge is 0.262 e. The largest absolute Gasteiger partial charge is 0.483 e. The van der Waals surface area contributed by atoms with Crippen molar-refractivity contribution >= 4 is 11.6 Å². The fourth-order valence-corrected chi connectivity index (χ4v) is 2.74. The molecule has 3 aromatic rings. The molecule has 0 radical (unpaired) electrons. The summed E-state index contributed by atoms with van der Waals surface area (Å²) in [4.78, 5) is 12.1. The van der Waals surface area contributed by atoms with E-state index in [9.17, 15) is 4.79 Å². The fraction of sp³-hybridized carbons (Fsp3) is 0.136. The van der Waals surface area contributed by atoms with Crippen LogP contribution in [0.5, 0.6) is 5.75 Å². The van der Waals surface area contributed by atoms with E-state index in [0.717, 1.165) is 33.7 Å². The second-order valence-electron chi connectivity index (χ2n) is 6.00. The SMILES string of the molecule is Cc1cccc(C)c1OCC(=O)Nc1ccc(-c2ccccc2)cc1. The van der Waals surface area contributed by atoms with Crippen LogP contribution in [0.25, 0.3) is 11.1 Å². The Morgan fingerprint density at radius 1 is 0.800 bits per heavy atom. The van der Waals surface area contributed by atoms with Gasteiger partial charge in [-0.1, -0.05) is 60.7 Å². The van der Waals surface area contributed by atoms with E-state index in [4.69, 9.17) is 4.74 Å². The van der Waals surface area contributed by atoms with Crippen LogP contribution in [-0.2, 0) is 4.79 Å². The van der Waals surface area contributed by atoms with Crippen LogP contribution in [-0.4, -0.2) is 12.5 Å². The molecule has 0 saturated carbocycles. The lowest BCUT2D eigenvalue weighted by atomic mass is 10.1. The Morgan fingerprint density at radius 2 is 1.40 bits per heavy atom. The van der Waals surface area contributed by atoms with Gasteiger partial charge in [-0.3, -0.25) is 4.79 Å². The van der Waals surface area contributed by atoms with Crippen LogP contribution >= 0.6 is 0 Å². The van der Waals surface area contributed by atoms with Crippen molar-refractivity contribution in [1.29, 1.82) is 0 Å². The van der Waals surface area contributed by atoms with Crippen molar-refractivity contribution in [3.05, 3.63) is 83.9 Å². The molecule has 0 bridgehead atoms. The summed E-state index contributed by atoms with van der Waals surface area (Å²) in [7, 11) is 0. The zero-order chi connectivity index (χ0) is 17.6. The van der Waals surface area contributed by atoms with Crippen molar-refractivity contribution in [1.82, 2.24) is 0 Å². The number of para-hydroxylation sites is 1. The summed E-state index contributed by atoms with van der Waals surface area (Å²) in [6, 6.07) is 23.9. The molecular weight excluding hydrogens is 310 g/mol. The highest BCUT2D eigenvalue weighted by atomic mass is 16.5. The van der Waals surface area contributed by atoms with E-state index in [0.29, 0.717) is 0 Å². The number of benzene rings is 3. The van der Waals surface area contributed by atoms with Gasteiger partial charge in [0.15, 0.2) is 6.61 Å². The summed E-state index contributed by atoms with van der Waals surface area (Å²) in [6.07, 6.45) is 0. The summed E-state index contributed by atoms with van der Waals surface area (Å²) in [6.45, 7) is 3.94. The van der Waals surface area contributed by atoms with Gasteiger partial charge in [0.1, 0.15) is 5.75 Å². The molecule has 25 heavy (non-hydrogen) atoms. The Bertz CT molecular complexity index is 835. The molecule has 0 aromatic heterocycles. The number of hydrogen-bond donors (Lipinski definition) is 1. The van der Waals surface area contributed by atoms with Gasteiger partial charge in [-0.05, 0) is 48.2 Å². The molecular formula is C22H21NO2. The highest BCUT2D eigenvalue weighted by molar-refractivity contribution is 5.92. The maximum absolute atomic E-state index is 12.1. The Hall–Kier alpha value is -3.07. The van der Waals surface area contributed by atoms with Crippen molar-refractivity contribution in [2.45, 2.75) is 13.8 Å². The summed E-state index contributed by atoms with van der Waals surface area (Å²) >= 11 is 0. The van der Waals surface area contributed by atoms with Gasteiger partial charge >= 0.3 is 0 Å². The first-order chi connectivity index (χ1) is 12.1. The molecule has 0 atom stereocenters. The number of carbonyl (C=O) groups excluding carboxylic acids is 1. The van der Waals surface area contributed by atoms with Crippen LogP contribution in [0.1, 0.15) is 11.1 Å². The predicted molar refractivity (Wildman–Crippen MR) is 102 cm³/mol. The van der Waals surface area contributed by atoms with Crippen molar-refractivity contribution < 1.29 is 9.53 Å². The quantitative estimate of drug-likeness (QED) is 0.715. The summed E-state index contributed by atoms with van der Waals surface area (Å²) < 4.78 is 5.68. The third kappa shape index (κ3) is 4.27. The Balaban J connectivity index is 1.60. The normalized spacial score (nSPS) is 10.3. The van der Waals surface area contributed by atoms with Crippen molar-refractivity contribution in [3.63, 3.8) is 0 Å². The summed E-state index contributed by atoms with van der Waals surface area (Å²) in [5.74, 6) is 0.604. The molecule has 3 nitrogen and oxygen atoms in total. The molecule has 0 spiro atoms. The lowest BCUT2D eigenvalue weighted by Gasteiger charge is -2.12. The lowest BCUT2D eigenvalue weighted by molar-refractivity contribution is -0.118. The average Bonchev–Trinajstić information content (AvgIpc) is 2.63. The van der Waals surface area contributed by atoms with Crippen LogP contribution in [0.3, 0.4) is 0 Å². The third-order valence-electron chi connectivity index (χ3n) is 4.03. The number of rotatable bonds is 5. The summed E-state index contributed by atoms with van der Waals surface area (Å²) in [5.41, 5.74) is 5.08. The molecule has 126 valence electrons. The van der Waals surface area contributed by atoms with E-state index in [1.807, 2.05) is 74.5 Å². The lowest BCUT2D eigenvalue weighted by Crippen LogP contribution is -2.20. The first kappa shape index (κ1) is 16.8. The maximum atomic E-state index is 12.1. The molecule has 0 aliphatic heterocycles. The van der Waals surface area contributed by atoms with Gasteiger partial charge in [0.25, 0.3) is 5.91 Å². The van der Waals surface area contributed by atoms with Crippen LogP contribution in [0.4, 0.5) is 5.69 Å². The van der Waals surface area contributed by atoms with Gasteiger partial charge in [0, 0.05) is 5.69 Å². The first-order valence-electron chi connectivity index (χ1n) is 8.28. The second-order valence-corrected chi connectivity index (χ2v) is 6.00. The minimum Gasteiger partial charge on any atom is -0.483 e. The topological polar surface area (TPSA) is 38.3 Å². The number of hydrogen-bond acceptors (Lipinski definition) is 2. The standard InChI is InChI=1S/C22H21NO2/c1-16-7-6-8-17(2)22(16)25-15-21(24)23-20-13-11-19(12-14-20)18-9-4-3-5-10-18/h3-14H,15H2,1-2H3,(H,23,24). The fourth-order valence-electron chi connectivity index (χ4n) is 2.74. The van der Waals surface area contributed by atoms with Crippen molar-refractivity contribution in [2.24, 2.45) is 0 Å². The molecule has 0 saturated heterocycles. The molecule has 1 amide bonds. The second kappa shape index (κ2) is 7.67.